The molecular weight excluding hydrogens is 1490 g/mol. The van der Waals surface area contributed by atoms with E-state index in [1.807, 2.05) is 91.1 Å². The zero-order chi connectivity index (χ0) is 74.8. The van der Waals surface area contributed by atoms with Crippen LogP contribution in [0.4, 0.5) is 11.4 Å². The number of halogens is 3. The number of ether oxygens (including phenoxy) is 5. The summed E-state index contributed by atoms with van der Waals surface area (Å²) >= 11 is 14.8. The third-order valence-electron chi connectivity index (χ3n) is 19.7. The molecule has 4 aromatic heterocycles. The van der Waals surface area contributed by atoms with E-state index in [-0.39, 0.29) is 4.90 Å². The first kappa shape index (κ1) is 76.4. The standard InChI is InChI=1S/C35H33N5O4S.C29H29N5O2.C12H13ClN2O.C8H5BrClN/c36-24-29-22-27(6-7-28(29)25-38-14-18-43-19-15-38)32-12-13-37-35-33(32)23-34(40(35)45(41,42)31-4-2-1-3-5-31)26-8-10-30(11-9-26)39-16-20-44-21-17-39;30-19-24-17-22(1-2-23(24)20-33-9-13-35-14-10-33)26-7-8-31-29-27(26)18-28(32-29)21-3-5-25(6-4-21)34-11-15-36-16-12-34;13-12-2-1-10(11(7-12)8-14)9-15-3-5-16-6-4-15;9-4-6-1-2-8(10)3-7(6)5-11/h1-13,22-23H,14-21,25H2;1-8,17-18H,9-16,20H2,(H,31,32);1-2,7H,3-6,9H2;1-3H,4H2. The number of nitriles is 4. The SMILES string of the molecule is N#Cc1cc(-c2ccnc3[nH]c(-c4ccc(N5CCOCC5)cc4)cc23)ccc1CN1CCOCC1.N#Cc1cc(-c2ccnc3c2cc(-c2ccc(N4CCOCC4)cc2)n3S(=O)(=O)c2ccccc2)ccc1CN1CCOCC1.N#Cc1cc(Cl)ccc1CBr.N#Cc1cc(Cl)ccc1CN1CCOCC1. The van der Waals surface area contributed by atoms with Gasteiger partial charge in [0.25, 0.3) is 10.0 Å². The fourth-order valence-electron chi connectivity index (χ4n) is 13.8. The van der Waals surface area contributed by atoms with Crippen molar-refractivity contribution in [1.82, 2.24) is 33.6 Å². The third-order valence-corrected chi connectivity index (χ3v) is 22.5. The Kier molecular flexibility index (Phi) is 26.1. The minimum Gasteiger partial charge on any atom is -0.379 e. The van der Waals surface area contributed by atoms with Crippen molar-refractivity contribution >= 4 is 82.6 Å². The molecule has 11 aromatic rings. The highest BCUT2D eigenvalue weighted by molar-refractivity contribution is 9.08. The summed E-state index contributed by atoms with van der Waals surface area (Å²) in [6.45, 7) is 18.4. The molecule has 5 aliphatic heterocycles. The molecule has 1 N–H and O–H groups in total. The quantitative estimate of drug-likeness (QED) is 0.0939. The van der Waals surface area contributed by atoms with Crippen molar-refractivity contribution in [2.45, 2.75) is 29.9 Å². The van der Waals surface area contributed by atoms with Crippen LogP contribution in [0.3, 0.4) is 0 Å². The number of alkyl halides is 1. The van der Waals surface area contributed by atoms with E-state index in [2.05, 4.69) is 122 Å². The number of morpholine rings is 5. The summed E-state index contributed by atoms with van der Waals surface area (Å²) in [5, 5.41) is 41.3. The van der Waals surface area contributed by atoms with E-state index in [1.165, 1.54) is 9.66 Å². The van der Waals surface area contributed by atoms with Crippen LogP contribution in [0.25, 0.3) is 66.8 Å². The van der Waals surface area contributed by atoms with Crippen molar-refractivity contribution in [1.29, 1.82) is 21.0 Å². The van der Waals surface area contributed by atoms with Gasteiger partial charge in [-0.25, -0.2) is 22.4 Å². The lowest BCUT2D eigenvalue weighted by Crippen LogP contribution is -2.36. The van der Waals surface area contributed by atoms with Crippen molar-refractivity contribution in [3.05, 3.63) is 243 Å². The number of benzene rings is 7. The largest absolute Gasteiger partial charge is 0.379 e. The molecule has 0 amide bonds. The van der Waals surface area contributed by atoms with Crippen molar-refractivity contribution in [3.8, 4) is 69.0 Å². The summed E-state index contributed by atoms with van der Waals surface area (Å²) in [6, 6.07) is 65.0. The summed E-state index contributed by atoms with van der Waals surface area (Å²) in [7, 11) is -4.01. The lowest BCUT2D eigenvalue weighted by molar-refractivity contribution is 0.0341. The molecule has 550 valence electrons. The zero-order valence-electron chi connectivity index (χ0n) is 59.6. The maximum atomic E-state index is 14.2. The van der Waals surface area contributed by atoms with Crippen molar-refractivity contribution < 1.29 is 32.1 Å². The zero-order valence-corrected chi connectivity index (χ0v) is 63.5. The van der Waals surface area contributed by atoms with Crippen molar-refractivity contribution in [2.75, 3.05) is 141 Å². The highest BCUT2D eigenvalue weighted by atomic mass is 79.9. The van der Waals surface area contributed by atoms with Gasteiger partial charge in [-0.3, -0.25) is 14.7 Å². The van der Waals surface area contributed by atoms with E-state index >= 15 is 0 Å². The molecule has 5 aliphatic rings. The number of anilines is 2. The van der Waals surface area contributed by atoms with Crippen LogP contribution in [-0.4, -0.2) is 174 Å². The van der Waals surface area contributed by atoms with Gasteiger partial charge in [0.15, 0.2) is 5.65 Å². The van der Waals surface area contributed by atoms with Gasteiger partial charge in [-0.05, 0) is 153 Å². The van der Waals surface area contributed by atoms with Gasteiger partial charge in [0.2, 0.25) is 0 Å². The normalized spacial score (nSPS) is 15.8. The number of hydrogen-bond acceptors (Lipinski definition) is 18. The molecule has 20 nitrogen and oxygen atoms in total. The number of nitrogens with zero attached hydrogens (tertiary/aromatic N) is 12. The molecule has 7 aromatic carbocycles. The average molecular weight is 1570 g/mol. The van der Waals surface area contributed by atoms with Crippen LogP contribution in [0.2, 0.25) is 10.0 Å². The van der Waals surface area contributed by atoms with Gasteiger partial charge in [0.05, 0.1) is 123 Å². The molecule has 0 saturated carbocycles. The smallest absolute Gasteiger partial charge is 0.269 e. The Balaban J connectivity index is 0.000000144. The lowest BCUT2D eigenvalue weighted by atomic mass is 9.98. The maximum absolute atomic E-state index is 14.2. The molecule has 0 bridgehead atoms. The van der Waals surface area contributed by atoms with Gasteiger partial charge in [-0.1, -0.05) is 118 Å². The molecule has 0 radical (unpaired) electrons. The molecule has 0 spiro atoms. The van der Waals surface area contributed by atoms with Crippen LogP contribution in [-0.2, 0) is 58.7 Å². The van der Waals surface area contributed by atoms with E-state index in [4.69, 9.17) is 57.4 Å². The molecule has 9 heterocycles. The van der Waals surface area contributed by atoms with E-state index in [0.29, 0.717) is 81.8 Å². The van der Waals surface area contributed by atoms with Gasteiger partial charge < -0.3 is 38.5 Å². The molecule has 24 heteroatoms. The van der Waals surface area contributed by atoms with Crippen LogP contribution in [0, 0.1) is 45.3 Å². The van der Waals surface area contributed by atoms with Gasteiger partial charge >= 0.3 is 0 Å². The molecule has 5 saturated heterocycles. The van der Waals surface area contributed by atoms with E-state index in [0.717, 1.165) is 202 Å². The Bertz CT molecular complexity index is 5220. The van der Waals surface area contributed by atoms with E-state index < -0.39 is 10.0 Å². The number of H-pyrrole nitrogens is 1. The lowest BCUT2D eigenvalue weighted by Gasteiger charge is -2.28. The second-order valence-corrected chi connectivity index (χ2v) is 29.6. The predicted octanol–water partition coefficient (Wildman–Crippen LogP) is 14.7. The first-order chi connectivity index (χ1) is 52.9. The molecule has 0 aliphatic carbocycles. The van der Waals surface area contributed by atoms with Crippen LogP contribution in [0.15, 0.2) is 193 Å². The fraction of sp³-hybridized carbons (Fsp3) is 0.286. The van der Waals surface area contributed by atoms with Gasteiger partial charge in [-0.2, -0.15) is 21.0 Å². The monoisotopic (exact) mass is 1560 g/mol. The number of fused-ring (bicyclic) bond motifs is 2. The highest BCUT2D eigenvalue weighted by Gasteiger charge is 2.28. The molecule has 0 atom stereocenters. The third kappa shape index (κ3) is 18.6. The van der Waals surface area contributed by atoms with E-state index in [9.17, 15) is 18.9 Å². The number of pyridine rings is 2. The molecule has 16 rings (SSSR count). The molecular formula is C84H80BrCl2N13O7S. The van der Waals surface area contributed by atoms with Crippen LogP contribution in [0.5, 0.6) is 0 Å². The summed E-state index contributed by atoms with van der Waals surface area (Å²) in [6.07, 6.45) is 3.46. The number of nitrogens with one attached hydrogen (secondary N) is 1. The Labute approximate surface area is 648 Å². The number of hydrogen-bond donors (Lipinski definition) is 1. The predicted molar refractivity (Wildman–Crippen MR) is 425 cm³/mol. The average Bonchev–Trinajstić information content (AvgIpc) is 1.54. The second kappa shape index (κ2) is 36.8. The Hall–Kier alpha value is -9.83. The number of rotatable bonds is 15. The van der Waals surface area contributed by atoms with Crippen LogP contribution >= 0.6 is 39.1 Å². The fourth-order valence-corrected chi connectivity index (χ4v) is 16.1. The van der Waals surface area contributed by atoms with Crippen molar-refractivity contribution in [2.24, 2.45) is 0 Å². The van der Waals surface area contributed by atoms with Gasteiger partial charge in [0.1, 0.15) is 5.65 Å². The van der Waals surface area contributed by atoms with Crippen LogP contribution in [0.1, 0.15) is 44.5 Å². The summed E-state index contributed by atoms with van der Waals surface area (Å²) < 4.78 is 57.0. The molecule has 5 fully saturated rings. The topological polar surface area (TPSA) is 238 Å². The minimum absolute atomic E-state index is 0.181. The number of aromatic nitrogens is 4. The first-order valence-corrected chi connectivity index (χ1v) is 39.3. The van der Waals surface area contributed by atoms with E-state index in [1.54, 1.807) is 54.7 Å². The minimum atomic E-state index is -4.01. The number of aromatic amines is 1. The van der Waals surface area contributed by atoms with Gasteiger partial charge in [0, 0.05) is 141 Å². The molecule has 108 heavy (non-hydrogen) atoms. The highest BCUT2D eigenvalue weighted by Crippen LogP contribution is 2.39. The summed E-state index contributed by atoms with van der Waals surface area (Å²) in [5.41, 5.74) is 17.3. The van der Waals surface area contributed by atoms with Crippen molar-refractivity contribution in [3.63, 3.8) is 0 Å². The Morgan fingerprint density at radius 2 is 0.824 bits per heavy atom. The summed E-state index contributed by atoms with van der Waals surface area (Å²) in [5.74, 6) is 0. The Morgan fingerprint density at radius 1 is 0.426 bits per heavy atom. The first-order valence-electron chi connectivity index (χ1n) is 35.9. The van der Waals surface area contributed by atoms with Crippen LogP contribution < -0.4 is 9.80 Å². The summed E-state index contributed by atoms with van der Waals surface area (Å²) in [4.78, 5) is 24.4. The second-order valence-electron chi connectivity index (χ2n) is 26.4. The van der Waals surface area contributed by atoms with Gasteiger partial charge in [-0.15, -0.1) is 0 Å². The maximum Gasteiger partial charge on any atom is 0.269 e. The molecule has 0 unspecified atom stereocenters. The Morgan fingerprint density at radius 3 is 1.29 bits per heavy atom.